The Hall–Kier alpha value is -8.20. The zero-order chi connectivity index (χ0) is 45.3. The third-order valence-corrected chi connectivity index (χ3v) is 8.43. The molecule has 62 heavy (non-hydrogen) atoms. The van der Waals surface area contributed by atoms with Gasteiger partial charge >= 0.3 is 0 Å². The molecule has 4 rings (SSSR count). The van der Waals surface area contributed by atoms with Crippen molar-refractivity contribution in [1.29, 1.82) is 0 Å². The minimum atomic E-state index is -0.765. The van der Waals surface area contributed by atoms with E-state index in [2.05, 4.69) is 37.2 Å². The highest BCUT2D eigenvalue weighted by molar-refractivity contribution is 6.06. The van der Waals surface area contributed by atoms with Crippen LogP contribution in [-0.4, -0.2) is 101 Å². The number of hydrogen-bond acceptors (Lipinski definition) is 13. The Morgan fingerprint density at radius 2 is 0.774 bits per heavy atom. The van der Waals surface area contributed by atoms with E-state index in [9.17, 15) is 38.4 Å². The molecule has 0 radical (unpaired) electrons. The summed E-state index contributed by atoms with van der Waals surface area (Å²) in [6.45, 7) is 0.148. The number of hydrogen-bond donors (Lipinski definition) is 9. The van der Waals surface area contributed by atoms with Crippen LogP contribution in [0.25, 0.3) is 0 Å². The summed E-state index contributed by atoms with van der Waals surface area (Å²) < 4.78 is 21.2. The van der Waals surface area contributed by atoms with Gasteiger partial charge in [-0.3, -0.25) is 38.4 Å². The van der Waals surface area contributed by atoms with E-state index in [0.717, 1.165) is 0 Å². The molecule has 21 heteroatoms. The highest BCUT2D eigenvalue weighted by Crippen LogP contribution is 2.26. The van der Waals surface area contributed by atoms with E-state index in [1.807, 2.05) is 0 Å². The fourth-order valence-corrected chi connectivity index (χ4v) is 5.57. The van der Waals surface area contributed by atoms with Gasteiger partial charge in [0.15, 0.2) is 0 Å². The Labute approximate surface area is 354 Å². The second kappa shape index (κ2) is 22.2. The summed E-state index contributed by atoms with van der Waals surface area (Å²) in [6, 6.07) is 17.1. The van der Waals surface area contributed by atoms with Crippen molar-refractivity contribution in [2.45, 2.75) is 6.92 Å². The van der Waals surface area contributed by atoms with Crippen LogP contribution in [0.4, 0.5) is 22.7 Å². The zero-order valence-corrected chi connectivity index (χ0v) is 34.0. The first-order valence-electron chi connectivity index (χ1n) is 18.5. The van der Waals surface area contributed by atoms with Gasteiger partial charge in [0.25, 0.3) is 23.6 Å². The lowest BCUT2D eigenvalue weighted by Gasteiger charge is -2.14. The third-order valence-electron chi connectivity index (χ3n) is 8.43. The summed E-state index contributed by atoms with van der Waals surface area (Å²) in [4.78, 5) is 101. The maximum absolute atomic E-state index is 13.3. The fourth-order valence-electron chi connectivity index (χ4n) is 5.57. The lowest BCUT2D eigenvalue weighted by Crippen LogP contribution is -2.34. The number of amides is 8. The normalized spacial score (nSPS) is 10.3. The zero-order valence-electron chi connectivity index (χ0n) is 34.0. The lowest BCUT2D eigenvalue weighted by atomic mass is 10.1. The highest BCUT2D eigenvalue weighted by Gasteiger charge is 2.20. The van der Waals surface area contributed by atoms with E-state index in [-0.39, 0.29) is 75.5 Å². The second-order valence-electron chi connectivity index (χ2n) is 12.7. The predicted molar refractivity (Wildman–Crippen MR) is 226 cm³/mol. The molecular formula is C41H45N9O12. The van der Waals surface area contributed by atoms with Crippen LogP contribution in [-0.2, 0) is 19.2 Å². The van der Waals surface area contributed by atoms with E-state index in [4.69, 9.17) is 30.4 Å². The van der Waals surface area contributed by atoms with Crippen LogP contribution < -0.4 is 67.6 Å². The van der Waals surface area contributed by atoms with Gasteiger partial charge in [-0.2, -0.15) is 0 Å². The number of ether oxygens (including phenoxy) is 4. The van der Waals surface area contributed by atoms with Gasteiger partial charge in [0.1, 0.15) is 23.0 Å². The first-order chi connectivity index (χ1) is 29.7. The number of rotatable bonds is 20. The largest absolute Gasteiger partial charge is 0.496 e. The van der Waals surface area contributed by atoms with Crippen molar-refractivity contribution in [2.24, 2.45) is 11.5 Å². The Balaban J connectivity index is 1.34. The summed E-state index contributed by atoms with van der Waals surface area (Å²) in [6.07, 6.45) is 0. The Bertz CT molecular complexity index is 2370. The van der Waals surface area contributed by atoms with Gasteiger partial charge in [-0.05, 0) is 79.7 Å². The number of nitrogens with one attached hydrogen (secondary N) is 7. The van der Waals surface area contributed by atoms with Crippen molar-refractivity contribution in [3.63, 3.8) is 0 Å². The van der Waals surface area contributed by atoms with Crippen molar-refractivity contribution >= 4 is 70.0 Å². The number of nitrogens with two attached hydrogens (primary N) is 2. The van der Waals surface area contributed by atoms with Crippen LogP contribution in [0, 0.1) is 0 Å². The van der Waals surface area contributed by atoms with Gasteiger partial charge in [0.2, 0.25) is 23.6 Å². The molecule has 0 aromatic heterocycles. The first kappa shape index (κ1) is 46.5. The van der Waals surface area contributed by atoms with Crippen molar-refractivity contribution in [3.05, 3.63) is 95.1 Å². The third kappa shape index (κ3) is 12.9. The van der Waals surface area contributed by atoms with Crippen molar-refractivity contribution < 1.29 is 57.3 Å². The van der Waals surface area contributed by atoms with Gasteiger partial charge in [-0.25, -0.2) is 0 Å². The Morgan fingerprint density at radius 3 is 1.10 bits per heavy atom. The standard InChI is InChI=1S/C41H45N9O12/c1-5-62-33-13-9-25(50-36(53)20-45-39(56)27-15-23(47-34(51)18-42)7-11-31(27)60-3)17-29(33)41(58)46-21-37(54)49-24-8-12-32(61-4)28(16-24)40(57)44-19-35(52)48-22-6-10-30(59-2)26(14-22)38(43)55/h6-17H,5,18-21,42H2,1-4H3,(H2,43,55)(H,44,57)(H,45,56)(H,46,58)(H,47,51)(H,48,52)(H,49,54)(H,50,53). The number of carbonyl (C=O) groups is 8. The molecule has 0 aliphatic rings. The molecule has 0 spiro atoms. The molecule has 0 saturated carbocycles. The highest BCUT2D eigenvalue weighted by atomic mass is 16.5. The van der Waals surface area contributed by atoms with Crippen LogP contribution in [0.1, 0.15) is 48.4 Å². The van der Waals surface area contributed by atoms with Gasteiger partial charge in [0.05, 0.1) is 76.4 Å². The second-order valence-corrected chi connectivity index (χ2v) is 12.7. The van der Waals surface area contributed by atoms with Crippen LogP contribution in [0.15, 0.2) is 72.8 Å². The summed E-state index contributed by atoms with van der Waals surface area (Å²) >= 11 is 0. The molecule has 21 nitrogen and oxygen atoms in total. The minimum Gasteiger partial charge on any atom is -0.496 e. The molecule has 11 N–H and O–H groups in total. The Morgan fingerprint density at radius 1 is 0.468 bits per heavy atom. The van der Waals surface area contributed by atoms with E-state index in [1.165, 1.54) is 94.1 Å². The summed E-state index contributed by atoms with van der Waals surface area (Å²) in [7, 11) is 4.04. The van der Waals surface area contributed by atoms with E-state index in [0.29, 0.717) is 5.69 Å². The molecular weight excluding hydrogens is 811 g/mol. The maximum Gasteiger partial charge on any atom is 0.255 e. The lowest BCUT2D eigenvalue weighted by molar-refractivity contribution is -0.116. The molecule has 0 unspecified atom stereocenters. The summed E-state index contributed by atoms with van der Waals surface area (Å²) in [5.74, 6) is -4.60. The molecule has 4 aromatic carbocycles. The van der Waals surface area contributed by atoms with Gasteiger partial charge < -0.3 is 67.6 Å². The average Bonchev–Trinajstić information content (AvgIpc) is 3.26. The molecule has 8 amide bonds. The first-order valence-corrected chi connectivity index (χ1v) is 18.5. The number of anilines is 4. The van der Waals surface area contributed by atoms with Crippen LogP contribution in [0.5, 0.6) is 23.0 Å². The quantitative estimate of drug-likeness (QED) is 0.0605. The van der Waals surface area contributed by atoms with Gasteiger partial charge in [-0.1, -0.05) is 0 Å². The van der Waals surface area contributed by atoms with E-state index in [1.54, 1.807) is 6.92 Å². The number of methoxy groups -OCH3 is 3. The van der Waals surface area contributed by atoms with Gasteiger partial charge in [0, 0.05) is 22.7 Å². The summed E-state index contributed by atoms with van der Waals surface area (Å²) in [5.41, 5.74) is 11.6. The molecule has 0 saturated heterocycles. The maximum atomic E-state index is 13.3. The Kier molecular flexibility index (Phi) is 16.7. The van der Waals surface area contributed by atoms with Crippen LogP contribution in [0.2, 0.25) is 0 Å². The SMILES string of the molecule is CCOc1ccc(NC(=O)CNC(=O)c2cc(NC(=O)CN)ccc2OC)cc1C(=O)NCC(=O)Nc1ccc(OC)c(C(=O)NCC(=O)Nc2ccc(OC)c(C(N)=O)c2)c1. The van der Waals surface area contributed by atoms with Crippen molar-refractivity contribution in [2.75, 3.05) is 75.4 Å². The molecule has 0 aliphatic heterocycles. The fraction of sp³-hybridized carbons (Fsp3) is 0.220. The molecule has 0 bridgehead atoms. The van der Waals surface area contributed by atoms with E-state index >= 15 is 0 Å². The molecule has 0 atom stereocenters. The van der Waals surface area contributed by atoms with E-state index < -0.39 is 66.9 Å². The topological polar surface area (TPSA) is 310 Å². The van der Waals surface area contributed by atoms with Crippen molar-refractivity contribution in [3.8, 4) is 23.0 Å². The number of carbonyl (C=O) groups excluding carboxylic acids is 8. The monoisotopic (exact) mass is 855 g/mol. The predicted octanol–water partition coefficient (Wildman–Crippen LogP) is 1.21. The number of benzene rings is 4. The van der Waals surface area contributed by atoms with Crippen molar-refractivity contribution in [1.82, 2.24) is 16.0 Å². The molecule has 326 valence electrons. The molecule has 0 heterocycles. The van der Waals surface area contributed by atoms with Gasteiger partial charge in [-0.15, -0.1) is 0 Å². The molecule has 0 fully saturated rings. The smallest absolute Gasteiger partial charge is 0.255 e. The minimum absolute atomic E-state index is 0.0182. The number of primary amides is 1. The molecule has 4 aromatic rings. The average molecular weight is 856 g/mol. The van der Waals surface area contributed by atoms with Crippen LogP contribution >= 0.6 is 0 Å². The summed E-state index contributed by atoms with van der Waals surface area (Å²) in [5, 5.41) is 17.7. The van der Waals surface area contributed by atoms with Crippen LogP contribution in [0.3, 0.4) is 0 Å². The molecule has 0 aliphatic carbocycles.